The maximum atomic E-state index is 13.6. The average molecular weight is 522 g/mol. The number of carbonyl (C=O) groups excluding carboxylic acids is 2. The van der Waals surface area contributed by atoms with Gasteiger partial charge < -0.3 is 14.7 Å². The van der Waals surface area contributed by atoms with Crippen LogP contribution in [0.2, 0.25) is 0 Å². The quantitative estimate of drug-likeness (QED) is 0.234. The zero-order chi connectivity index (χ0) is 23.8. The second-order valence-corrected chi connectivity index (χ2v) is 9.60. The molecule has 2 unspecified atom stereocenters. The van der Waals surface area contributed by atoms with E-state index in [1.807, 2.05) is 54.5 Å². The number of H-pyrrole nitrogens is 1. The predicted octanol–water partition coefficient (Wildman–Crippen LogP) is 2.70. The number of nitrogens with one attached hydrogen (secondary N) is 1. The van der Waals surface area contributed by atoms with E-state index in [9.17, 15) is 14.7 Å². The van der Waals surface area contributed by atoms with Gasteiger partial charge in [-0.15, -0.1) is 0 Å². The van der Waals surface area contributed by atoms with E-state index < -0.39 is 23.5 Å². The summed E-state index contributed by atoms with van der Waals surface area (Å²) in [4.78, 5) is 30.8. The number of ether oxygens (including phenoxy) is 1. The Hall–Kier alpha value is -3.39. The van der Waals surface area contributed by atoms with Crippen molar-refractivity contribution in [3.8, 4) is 5.75 Å². The number of hydrogen-bond donors (Lipinski definition) is 1. The second kappa shape index (κ2) is 9.10. The van der Waals surface area contributed by atoms with Gasteiger partial charge in [-0.2, -0.15) is 0 Å². The molecule has 2 aliphatic heterocycles. The first-order valence-electron chi connectivity index (χ1n) is 11.3. The molecule has 0 bridgehead atoms. The minimum absolute atomic E-state index is 0.00790. The number of carbonyl (C=O) groups is 2. The molecule has 2 aromatic carbocycles. The molecule has 3 heterocycles. The third kappa shape index (κ3) is 4.14. The summed E-state index contributed by atoms with van der Waals surface area (Å²) < 4.78 is 8.59. The number of hydrogen-bond acceptors (Lipinski definition) is 4. The molecule has 1 N–H and O–H groups in total. The smallest absolute Gasteiger partial charge is 0.295 e. The van der Waals surface area contributed by atoms with Crippen molar-refractivity contribution in [2.45, 2.75) is 38.5 Å². The first-order chi connectivity index (χ1) is 16.4. The van der Waals surface area contributed by atoms with E-state index in [2.05, 4.69) is 20.9 Å². The predicted molar refractivity (Wildman–Crippen MR) is 126 cm³/mol. The summed E-state index contributed by atoms with van der Waals surface area (Å²) in [6.45, 7) is 3.01. The van der Waals surface area contributed by atoms with Gasteiger partial charge in [-0.25, -0.2) is 4.57 Å². The number of rotatable bonds is 6. The van der Waals surface area contributed by atoms with Crippen LogP contribution in [0.3, 0.4) is 0 Å². The van der Waals surface area contributed by atoms with E-state index in [4.69, 9.17) is 4.74 Å². The minimum Gasteiger partial charge on any atom is -0.872 e. The van der Waals surface area contributed by atoms with Crippen molar-refractivity contribution < 1.29 is 24.0 Å². The molecular weight excluding hydrogens is 498 g/mol. The normalized spacial score (nSPS) is 21.1. The third-order valence-electron chi connectivity index (χ3n) is 6.29. The van der Waals surface area contributed by atoms with Gasteiger partial charge in [0.2, 0.25) is 12.1 Å². The van der Waals surface area contributed by atoms with Crippen molar-refractivity contribution in [3.05, 3.63) is 87.9 Å². The Morgan fingerprint density at radius 1 is 1.24 bits per heavy atom. The highest BCUT2D eigenvalue weighted by Crippen LogP contribution is 2.40. The van der Waals surface area contributed by atoms with Crippen molar-refractivity contribution in [1.82, 2.24) is 9.88 Å². The molecule has 2 atom stereocenters. The number of imidazole rings is 1. The molecule has 1 fully saturated rings. The summed E-state index contributed by atoms with van der Waals surface area (Å²) in [5.74, 6) is -1.00. The number of ketones is 1. The molecule has 5 rings (SSSR count). The first-order valence-corrected chi connectivity index (χ1v) is 12.1. The number of fused-ring (bicyclic) bond motifs is 1. The Morgan fingerprint density at radius 2 is 2.03 bits per heavy atom. The molecule has 1 aromatic heterocycles. The molecular formula is C26H24BrN3O4. The Kier molecular flexibility index (Phi) is 6.00. The number of nitrogens with zero attached hydrogens (tertiary/aromatic N) is 2. The lowest BCUT2D eigenvalue weighted by Gasteiger charge is -2.27. The number of aromatic amines is 1. The Bertz CT molecular complexity index is 1270. The fourth-order valence-electron chi connectivity index (χ4n) is 4.69. The van der Waals surface area contributed by atoms with E-state index in [1.54, 1.807) is 18.2 Å². The number of halogens is 1. The highest BCUT2D eigenvalue weighted by molar-refractivity contribution is 9.10. The summed E-state index contributed by atoms with van der Waals surface area (Å²) in [6, 6.07) is 11.9. The number of amides is 1. The molecule has 0 aliphatic carbocycles. The van der Waals surface area contributed by atoms with Gasteiger partial charge in [-0.3, -0.25) is 14.6 Å². The van der Waals surface area contributed by atoms with Crippen molar-refractivity contribution in [2.75, 3.05) is 6.54 Å². The average Bonchev–Trinajstić information content (AvgIpc) is 3.53. The zero-order valence-corrected chi connectivity index (χ0v) is 20.2. The lowest BCUT2D eigenvalue weighted by molar-refractivity contribution is -0.695. The number of aryl methyl sites for hydroxylation is 1. The summed E-state index contributed by atoms with van der Waals surface area (Å²) in [5.41, 5.74) is 2.09. The van der Waals surface area contributed by atoms with Crippen LogP contribution in [0, 0.1) is 0 Å². The highest BCUT2D eigenvalue weighted by Gasteiger charge is 2.44. The SMILES string of the molecule is CC1Cc2cc(/C([O-])=C3\C(=O)C(=O)N(CCC[n+]4cc[nH]c4)C3c3ccc(Br)cc3)ccc2O1. The van der Waals surface area contributed by atoms with Gasteiger partial charge in [0.15, 0.2) is 0 Å². The summed E-state index contributed by atoms with van der Waals surface area (Å²) >= 11 is 3.43. The molecule has 1 saturated heterocycles. The maximum Gasteiger partial charge on any atom is 0.295 e. The van der Waals surface area contributed by atoms with Crippen LogP contribution in [0.1, 0.15) is 36.1 Å². The van der Waals surface area contributed by atoms with Gasteiger partial charge >= 0.3 is 0 Å². The van der Waals surface area contributed by atoms with Crippen LogP contribution in [0.15, 0.2) is 71.2 Å². The molecule has 2 aliphatic rings. The largest absolute Gasteiger partial charge is 0.872 e. The third-order valence-corrected chi connectivity index (χ3v) is 6.82. The van der Waals surface area contributed by atoms with Gasteiger partial charge in [-0.05, 0) is 47.9 Å². The van der Waals surface area contributed by atoms with Crippen LogP contribution < -0.4 is 14.4 Å². The Balaban J connectivity index is 1.52. The molecule has 174 valence electrons. The van der Waals surface area contributed by atoms with E-state index in [-0.39, 0.29) is 11.7 Å². The number of Topliss-reactive ketones (excluding diaryl/α,β-unsaturated/α-hetero) is 1. The molecule has 0 spiro atoms. The van der Waals surface area contributed by atoms with E-state index in [0.717, 1.165) is 21.3 Å². The number of aromatic nitrogens is 2. The topological polar surface area (TPSA) is 89.3 Å². The van der Waals surface area contributed by atoms with Crippen LogP contribution in [-0.2, 0) is 22.6 Å². The molecule has 1 amide bonds. The zero-order valence-electron chi connectivity index (χ0n) is 18.7. The Morgan fingerprint density at radius 3 is 2.76 bits per heavy atom. The second-order valence-electron chi connectivity index (χ2n) is 8.68. The van der Waals surface area contributed by atoms with E-state index in [1.165, 1.54) is 4.90 Å². The van der Waals surface area contributed by atoms with Crippen LogP contribution in [-0.4, -0.2) is 34.2 Å². The van der Waals surface area contributed by atoms with Gasteiger partial charge in [0, 0.05) is 29.4 Å². The summed E-state index contributed by atoms with van der Waals surface area (Å²) in [6.07, 6.45) is 6.96. The van der Waals surface area contributed by atoms with Crippen molar-refractivity contribution in [3.63, 3.8) is 0 Å². The lowest BCUT2D eigenvalue weighted by atomic mass is 9.94. The van der Waals surface area contributed by atoms with Crippen LogP contribution in [0.25, 0.3) is 5.76 Å². The van der Waals surface area contributed by atoms with Crippen molar-refractivity contribution in [1.29, 1.82) is 0 Å². The number of likely N-dealkylation sites (tertiary alicyclic amines) is 1. The summed E-state index contributed by atoms with van der Waals surface area (Å²) in [7, 11) is 0. The van der Waals surface area contributed by atoms with Gasteiger partial charge in [0.25, 0.3) is 5.91 Å². The monoisotopic (exact) mass is 521 g/mol. The van der Waals surface area contributed by atoms with Crippen LogP contribution >= 0.6 is 15.9 Å². The van der Waals surface area contributed by atoms with Crippen molar-refractivity contribution >= 4 is 33.4 Å². The fraction of sp³-hybridized carbons (Fsp3) is 0.269. The number of benzene rings is 2. The fourth-order valence-corrected chi connectivity index (χ4v) is 4.96. The maximum absolute atomic E-state index is 13.6. The van der Waals surface area contributed by atoms with Crippen LogP contribution in [0.4, 0.5) is 0 Å². The van der Waals surface area contributed by atoms with Gasteiger partial charge in [0.1, 0.15) is 24.2 Å². The Labute approximate surface area is 205 Å². The van der Waals surface area contributed by atoms with Gasteiger partial charge in [0.05, 0.1) is 12.6 Å². The molecule has 7 nitrogen and oxygen atoms in total. The highest BCUT2D eigenvalue weighted by atomic mass is 79.9. The van der Waals surface area contributed by atoms with Gasteiger partial charge in [-0.1, -0.05) is 39.9 Å². The first kappa shape index (κ1) is 22.4. The van der Waals surface area contributed by atoms with Crippen molar-refractivity contribution in [2.24, 2.45) is 0 Å². The van der Waals surface area contributed by atoms with Crippen LogP contribution in [0.5, 0.6) is 5.75 Å². The standard InChI is InChI=1S/C26H24BrN3O4/c1-16-13-19-14-18(5-8-21(19)34-16)24(31)22-23(17-3-6-20(27)7-4-17)30(26(33)25(22)32)11-2-10-29-12-9-28-15-29/h3-9,12,14-16,23H,2,10-11,13H2,1H3,(H,31,32). The van der Waals surface area contributed by atoms with E-state index in [0.29, 0.717) is 31.5 Å². The summed E-state index contributed by atoms with van der Waals surface area (Å²) in [5, 5.41) is 13.6. The minimum atomic E-state index is -0.725. The molecule has 0 radical (unpaired) electrons. The molecule has 34 heavy (non-hydrogen) atoms. The molecule has 3 aromatic rings. The molecule has 8 heteroatoms. The lowest BCUT2D eigenvalue weighted by Crippen LogP contribution is -2.36. The molecule has 0 saturated carbocycles. The van der Waals surface area contributed by atoms with E-state index >= 15 is 0 Å².